The van der Waals surface area contributed by atoms with Crippen molar-refractivity contribution in [3.05, 3.63) is 60.0 Å². The lowest BCUT2D eigenvalue weighted by Crippen LogP contribution is -2.23. The number of hydrogen-bond acceptors (Lipinski definition) is 4. The lowest BCUT2D eigenvalue weighted by molar-refractivity contribution is 0.579. The molecule has 0 fully saturated rings. The molecule has 0 saturated heterocycles. The number of hydrogen-bond donors (Lipinski definition) is 1. The van der Waals surface area contributed by atoms with Gasteiger partial charge in [-0.15, -0.1) is 0 Å². The SMILES string of the molecule is Cc1ccc(CNS(=O)(=O)c2ccc3ncoc3c2)cc1. The second kappa shape index (κ2) is 5.31. The van der Waals surface area contributed by atoms with E-state index in [1.165, 1.54) is 18.5 Å². The van der Waals surface area contributed by atoms with Crippen molar-refractivity contribution >= 4 is 21.1 Å². The number of sulfonamides is 1. The molecule has 108 valence electrons. The highest BCUT2D eigenvalue weighted by atomic mass is 32.2. The van der Waals surface area contributed by atoms with E-state index in [2.05, 4.69) is 9.71 Å². The Morgan fingerprint density at radius 2 is 1.90 bits per heavy atom. The Labute approximate surface area is 122 Å². The normalized spacial score (nSPS) is 11.9. The van der Waals surface area contributed by atoms with E-state index >= 15 is 0 Å². The van der Waals surface area contributed by atoms with Gasteiger partial charge in [0.1, 0.15) is 5.52 Å². The van der Waals surface area contributed by atoms with Gasteiger partial charge in [0.25, 0.3) is 0 Å². The number of nitrogens with zero attached hydrogens (tertiary/aromatic N) is 1. The predicted octanol–water partition coefficient (Wildman–Crippen LogP) is 2.61. The third kappa shape index (κ3) is 2.96. The molecule has 1 heterocycles. The summed E-state index contributed by atoms with van der Waals surface area (Å²) in [5, 5.41) is 0. The average Bonchev–Trinajstić information content (AvgIpc) is 2.94. The maximum absolute atomic E-state index is 12.3. The number of benzene rings is 2. The zero-order valence-electron chi connectivity index (χ0n) is 11.4. The molecule has 1 N–H and O–H groups in total. The van der Waals surface area contributed by atoms with Crippen LogP contribution in [0.3, 0.4) is 0 Å². The molecule has 0 radical (unpaired) electrons. The zero-order chi connectivity index (χ0) is 14.9. The fourth-order valence-corrected chi connectivity index (χ4v) is 3.00. The maximum atomic E-state index is 12.3. The van der Waals surface area contributed by atoms with E-state index in [0.717, 1.165) is 11.1 Å². The zero-order valence-corrected chi connectivity index (χ0v) is 12.2. The van der Waals surface area contributed by atoms with Crippen LogP contribution < -0.4 is 4.72 Å². The first-order valence-electron chi connectivity index (χ1n) is 6.43. The van der Waals surface area contributed by atoms with Crippen LogP contribution in [0.1, 0.15) is 11.1 Å². The first-order valence-corrected chi connectivity index (χ1v) is 7.91. The smallest absolute Gasteiger partial charge is 0.241 e. The minimum atomic E-state index is -3.58. The van der Waals surface area contributed by atoms with Gasteiger partial charge in [-0.05, 0) is 24.6 Å². The monoisotopic (exact) mass is 302 g/mol. The summed E-state index contributed by atoms with van der Waals surface area (Å²) < 4.78 is 32.2. The summed E-state index contributed by atoms with van der Waals surface area (Å²) in [4.78, 5) is 4.13. The molecule has 0 aliphatic carbocycles. The van der Waals surface area contributed by atoms with Crippen LogP contribution in [-0.4, -0.2) is 13.4 Å². The quantitative estimate of drug-likeness (QED) is 0.804. The second-order valence-corrected chi connectivity index (χ2v) is 6.56. The Balaban J connectivity index is 1.81. The van der Waals surface area contributed by atoms with E-state index in [0.29, 0.717) is 11.1 Å². The third-order valence-electron chi connectivity index (χ3n) is 3.20. The molecule has 0 unspecified atom stereocenters. The molecule has 21 heavy (non-hydrogen) atoms. The molecule has 6 heteroatoms. The van der Waals surface area contributed by atoms with Crippen LogP contribution in [0.4, 0.5) is 0 Å². The fraction of sp³-hybridized carbons (Fsp3) is 0.133. The Morgan fingerprint density at radius 1 is 1.14 bits per heavy atom. The van der Waals surface area contributed by atoms with Crippen molar-refractivity contribution < 1.29 is 12.8 Å². The molecule has 0 bridgehead atoms. The van der Waals surface area contributed by atoms with Gasteiger partial charge in [0.05, 0.1) is 4.90 Å². The van der Waals surface area contributed by atoms with Crippen LogP contribution in [0.5, 0.6) is 0 Å². The summed E-state index contributed by atoms with van der Waals surface area (Å²) in [6.07, 6.45) is 1.29. The molecule has 5 nitrogen and oxygen atoms in total. The Bertz CT molecular complexity index is 867. The summed E-state index contributed by atoms with van der Waals surface area (Å²) in [7, 11) is -3.58. The number of nitrogens with one attached hydrogen (secondary N) is 1. The Kier molecular flexibility index (Phi) is 3.48. The Hall–Kier alpha value is -2.18. The standard InChI is InChI=1S/C15H14N2O3S/c1-11-2-4-12(5-3-11)9-17-21(18,19)13-6-7-14-15(8-13)20-10-16-14/h2-8,10,17H,9H2,1H3. The molecule has 0 amide bonds. The van der Waals surface area contributed by atoms with Crippen LogP contribution in [0.15, 0.2) is 58.2 Å². The van der Waals surface area contributed by atoms with Gasteiger partial charge < -0.3 is 4.42 Å². The van der Waals surface area contributed by atoms with Crippen LogP contribution in [0.2, 0.25) is 0 Å². The topological polar surface area (TPSA) is 72.2 Å². The summed E-state index contributed by atoms with van der Waals surface area (Å²) in [5.74, 6) is 0. The van der Waals surface area contributed by atoms with Crippen molar-refractivity contribution in [2.45, 2.75) is 18.4 Å². The van der Waals surface area contributed by atoms with E-state index in [1.807, 2.05) is 31.2 Å². The molecule has 3 aromatic rings. The van der Waals surface area contributed by atoms with Crippen molar-refractivity contribution in [3.8, 4) is 0 Å². The van der Waals surface area contributed by atoms with Crippen molar-refractivity contribution in [3.63, 3.8) is 0 Å². The molecule has 1 aromatic heterocycles. The lowest BCUT2D eigenvalue weighted by Gasteiger charge is -2.07. The van der Waals surface area contributed by atoms with Crippen LogP contribution in [0.25, 0.3) is 11.1 Å². The average molecular weight is 302 g/mol. The van der Waals surface area contributed by atoms with Crippen LogP contribution in [0, 0.1) is 6.92 Å². The second-order valence-electron chi connectivity index (χ2n) is 4.79. The summed E-state index contributed by atoms with van der Waals surface area (Å²) in [6.45, 7) is 2.23. The van der Waals surface area contributed by atoms with Crippen LogP contribution in [-0.2, 0) is 16.6 Å². The predicted molar refractivity (Wildman–Crippen MR) is 79.2 cm³/mol. The summed E-state index contributed by atoms with van der Waals surface area (Å²) in [5.41, 5.74) is 3.13. The number of aryl methyl sites for hydroxylation is 1. The highest BCUT2D eigenvalue weighted by Crippen LogP contribution is 2.18. The molecule has 0 aliphatic rings. The largest absolute Gasteiger partial charge is 0.443 e. The summed E-state index contributed by atoms with van der Waals surface area (Å²) in [6, 6.07) is 12.3. The first-order chi connectivity index (χ1) is 10.0. The molecule has 0 atom stereocenters. The molecule has 2 aromatic carbocycles. The highest BCUT2D eigenvalue weighted by molar-refractivity contribution is 7.89. The van der Waals surface area contributed by atoms with Crippen molar-refractivity contribution in [1.29, 1.82) is 0 Å². The van der Waals surface area contributed by atoms with Gasteiger partial charge in [-0.1, -0.05) is 29.8 Å². The molecule has 0 saturated carbocycles. The van der Waals surface area contributed by atoms with Gasteiger partial charge >= 0.3 is 0 Å². The Morgan fingerprint density at radius 3 is 2.67 bits per heavy atom. The van der Waals surface area contributed by atoms with Crippen molar-refractivity contribution in [2.75, 3.05) is 0 Å². The van der Waals surface area contributed by atoms with E-state index in [4.69, 9.17) is 4.42 Å². The van der Waals surface area contributed by atoms with Gasteiger partial charge in [0.2, 0.25) is 10.0 Å². The molecular formula is C15H14N2O3S. The van der Waals surface area contributed by atoms with E-state index < -0.39 is 10.0 Å². The number of aromatic nitrogens is 1. The molecule has 0 aliphatic heterocycles. The van der Waals surface area contributed by atoms with E-state index in [1.54, 1.807) is 6.07 Å². The van der Waals surface area contributed by atoms with Crippen molar-refractivity contribution in [2.24, 2.45) is 0 Å². The van der Waals surface area contributed by atoms with Gasteiger partial charge in [-0.3, -0.25) is 0 Å². The van der Waals surface area contributed by atoms with Gasteiger partial charge in [0, 0.05) is 12.6 Å². The lowest BCUT2D eigenvalue weighted by atomic mass is 10.2. The number of rotatable bonds is 4. The van der Waals surface area contributed by atoms with Crippen LogP contribution >= 0.6 is 0 Å². The highest BCUT2D eigenvalue weighted by Gasteiger charge is 2.15. The molecular weight excluding hydrogens is 288 g/mol. The van der Waals surface area contributed by atoms with Gasteiger partial charge in [-0.25, -0.2) is 18.1 Å². The van der Waals surface area contributed by atoms with E-state index in [9.17, 15) is 8.42 Å². The van der Waals surface area contributed by atoms with Gasteiger partial charge in [0.15, 0.2) is 12.0 Å². The third-order valence-corrected chi connectivity index (χ3v) is 4.60. The van der Waals surface area contributed by atoms with Gasteiger partial charge in [-0.2, -0.15) is 0 Å². The van der Waals surface area contributed by atoms with Crippen molar-refractivity contribution in [1.82, 2.24) is 9.71 Å². The summed E-state index contributed by atoms with van der Waals surface area (Å²) >= 11 is 0. The maximum Gasteiger partial charge on any atom is 0.241 e. The number of fused-ring (bicyclic) bond motifs is 1. The minimum Gasteiger partial charge on any atom is -0.443 e. The molecule has 3 rings (SSSR count). The fourth-order valence-electron chi connectivity index (χ4n) is 1.97. The molecule has 0 spiro atoms. The van der Waals surface area contributed by atoms with E-state index in [-0.39, 0.29) is 11.4 Å². The first kappa shape index (κ1) is 13.8. The number of oxazole rings is 1. The minimum absolute atomic E-state index is 0.166.